The number of anilines is 2. The van der Waals surface area contributed by atoms with E-state index in [4.69, 9.17) is 4.74 Å². The molecule has 0 aliphatic heterocycles. The summed E-state index contributed by atoms with van der Waals surface area (Å²) in [5.41, 5.74) is 1.44. The van der Waals surface area contributed by atoms with Crippen molar-refractivity contribution in [1.82, 2.24) is 14.5 Å². The second-order valence-corrected chi connectivity index (χ2v) is 11.4. The first-order chi connectivity index (χ1) is 16.8. The molecule has 3 aliphatic rings. The van der Waals surface area contributed by atoms with Crippen LogP contribution in [0.4, 0.5) is 19.6 Å². The molecule has 190 valence electrons. The highest BCUT2D eigenvalue weighted by Gasteiger charge is 2.65. The number of carbonyl (C=O) groups excluding carboxylic acids is 2. The first-order valence-corrected chi connectivity index (χ1v) is 13.7. The lowest BCUT2D eigenvalue weighted by Gasteiger charge is -2.23. The van der Waals surface area contributed by atoms with E-state index in [0.717, 1.165) is 42.5 Å². The van der Waals surface area contributed by atoms with E-state index in [0.29, 0.717) is 28.7 Å². The van der Waals surface area contributed by atoms with Gasteiger partial charge in [0.25, 0.3) is 6.43 Å². The Labute approximate surface area is 210 Å². The third-order valence-corrected chi connectivity index (χ3v) is 9.07. The highest BCUT2D eigenvalue weighted by Crippen LogP contribution is 2.70. The monoisotopic (exact) mass is 525 g/mol. The Balaban J connectivity index is 1.20. The average molecular weight is 526 g/mol. The zero-order valence-corrected chi connectivity index (χ0v) is 21.3. The van der Waals surface area contributed by atoms with Crippen molar-refractivity contribution >= 4 is 46.0 Å². The number of aromatic nitrogens is 2. The summed E-state index contributed by atoms with van der Waals surface area (Å²) >= 11 is 2.94. The quantitative estimate of drug-likeness (QED) is 0.182. The van der Waals surface area contributed by atoms with Crippen LogP contribution in [0.5, 0.6) is 0 Å². The first kappa shape index (κ1) is 24.5. The summed E-state index contributed by atoms with van der Waals surface area (Å²) in [7, 11) is 1.62. The maximum absolute atomic E-state index is 12.8. The SMILES string of the molecule is CCOC(=O)c1c(NC(=O)C2CC23CC3)sc2c1C[C@@H](NSCNc1cc(C(F)F)nn1C)CC2. The highest BCUT2D eigenvalue weighted by molar-refractivity contribution is 7.97. The standard InChI is InChI=1S/C23H29F2N5O3S2/c1-3-33-22(32)18-13-8-12(29-34-11-26-17-9-15(19(24)25)28-30(17)2)4-5-16(13)35-21(18)27-20(31)14-10-23(14)6-7-23/h9,12,14,19,26,29H,3-8,10-11H2,1-2H3,(H,27,31)/t12-,14?/m0/s1. The number of fused-ring (bicyclic) bond motifs is 1. The van der Waals surface area contributed by atoms with E-state index in [1.807, 2.05) is 0 Å². The molecule has 2 heterocycles. The number of ether oxygens (including phenoxy) is 1. The smallest absolute Gasteiger partial charge is 0.341 e. The number of esters is 1. The predicted molar refractivity (Wildman–Crippen MR) is 132 cm³/mol. The van der Waals surface area contributed by atoms with Gasteiger partial charge in [-0.05, 0) is 56.4 Å². The molecule has 2 fully saturated rings. The summed E-state index contributed by atoms with van der Waals surface area (Å²) in [6.45, 7) is 2.05. The minimum absolute atomic E-state index is 0.0214. The van der Waals surface area contributed by atoms with Gasteiger partial charge in [0.2, 0.25) is 5.91 Å². The number of thiophene rings is 1. The molecule has 1 unspecified atom stereocenters. The van der Waals surface area contributed by atoms with E-state index in [-0.39, 0.29) is 35.6 Å². The van der Waals surface area contributed by atoms with Crippen LogP contribution >= 0.6 is 23.3 Å². The van der Waals surface area contributed by atoms with Crippen LogP contribution < -0.4 is 15.4 Å². The lowest BCUT2D eigenvalue weighted by Crippen LogP contribution is -2.31. The number of rotatable bonds is 10. The van der Waals surface area contributed by atoms with Gasteiger partial charge < -0.3 is 15.4 Å². The second kappa shape index (κ2) is 9.70. The Morgan fingerprint density at radius 3 is 2.86 bits per heavy atom. The maximum atomic E-state index is 12.8. The molecular formula is C23H29F2N5O3S2. The van der Waals surface area contributed by atoms with Crippen molar-refractivity contribution in [2.45, 2.75) is 57.9 Å². The van der Waals surface area contributed by atoms with Crippen LogP contribution in [0.2, 0.25) is 0 Å². The number of aryl methyl sites for hydroxylation is 2. The number of nitrogens with one attached hydrogen (secondary N) is 3. The van der Waals surface area contributed by atoms with Crippen LogP contribution in [0.25, 0.3) is 0 Å². The van der Waals surface area contributed by atoms with Crippen molar-refractivity contribution in [2.75, 3.05) is 23.1 Å². The van der Waals surface area contributed by atoms with Crippen LogP contribution in [0.3, 0.4) is 0 Å². The van der Waals surface area contributed by atoms with Gasteiger partial charge in [-0.3, -0.25) is 14.2 Å². The molecule has 3 N–H and O–H groups in total. The summed E-state index contributed by atoms with van der Waals surface area (Å²) in [5, 5.41) is 10.6. The van der Waals surface area contributed by atoms with Crippen molar-refractivity contribution in [3.8, 4) is 0 Å². The van der Waals surface area contributed by atoms with Gasteiger partial charge in [-0.15, -0.1) is 11.3 Å². The lowest BCUT2D eigenvalue weighted by molar-refractivity contribution is -0.117. The van der Waals surface area contributed by atoms with Crippen LogP contribution in [0.15, 0.2) is 6.07 Å². The Kier molecular flexibility index (Phi) is 6.79. The maximum Gasteiger partial charge on any atom is 0.341 e. The molecule has 1 spiro atoms. The summed E-state index contributed by atoms with van der Waals surface area (Å²) in [4.78, 5) is 26.7. The minimum Gasteiger partial charge on any atom is -0.462 e. The summed E-state index contributed by atoms with van der Waals surface area (Å²) in [6.07, 6.45) is 2.96. The van der Waals surface area contributed by atoms with Gasteiger partial charge in [-0.1, -0.05) is 11.9 Å². The number of hydrogen-bond donors (Lipinski definition) is 3. The number of hydrogen-bond acceptors (Lipinski definition) is 8. The molecule has 5 rings (SSSR count). The summed E-state index contributed by atoms with van der Waals surface area (Å²) < 4.78 is 35.8. The fraction of sp³-hybridized carbons (Fsp3) is 0.609. The Morgan fingerprint density at radius 2 is 2.20 bits per heavy atom. The molecule has 3 aliphatic carbocycles. The first-order valence-electron chi connectivity index (χ1n) is 11.9. The van der Waals surface area contributed by atoms with E-state index in [1.165, 1.54) is 34.0 Å². The van der Waals surface area contributed by atoms with Crippen molar-refractivity contribution in [1.29, 1.82) is 0 Å². The molecule has 0 saturated heterocycles. The van der Waals surface area contributed by atoms with E-state index in [9.17, 15) is 18.4 Å². The fourth-order valence-electron chi connectivity index (χ4n) is 4.85. The van der Waals surface area contributed by atoms with Gasteiger partial charge in [0.1, 0.15) is 16.5 Å². The number of halogens is 2. The number of carbonyl (C=O) groups is 2. The lowest BCUT2D eigenvalue weighted by atomic mass is 9.92. The number of nitrogens with zero attached hydrogens (tertiary/aromatic N) is 2. The van der Waals surface area contributed by atoms with E-state index in [2.05, 4.69) is 20.5 Å². The van der Waals surface area contributed by atoms with E-state index in [1.54, 1.807) is 14.0 Å². The molecule has 2 aromatic rings. The van der Waals surface area contributed by atoms with Gasteiger partial charge in [-0.2, -0.15) is 5.10 Å². The largest absolute Gasteiger partial charge is 0.462 e. The van der Waals surface area contributed by atoms with Crippen molar-refractivity contribution in [3.63, 3.8) is 0 Å². The molecule has 2 atom stereocenters. The average Bonchev–Trinajstić information content (AvgIpc) is 3.68. The molecular weight excluding hydrogens is 496 g/mol. The molecule has 1 amide bonds. The van der Waals surface area contributed by atoms with E-state index >= 15 is 0 Å². The third kappa shape index (κ3) is 5.05. The van der Waals surface area contributed by atoms with Gasteiger partial charge in [0, 0.05) is 30.0 Å². The normalized spacial score (nSPS) is 21.6. The minimum atomic E-state index is -2.60. The number of alkyl halides is 2. The summed E-state index contributed by atoms with van der Waals surface area (Å²) in [6, 6.07) is 1.47. The molecule has 0 bridgehead atoms. The molecule has 12 heteroatoms. The van der Waals surface area contributed by atoms with Gasteiger partial charge >= 0.3 is 5.97 Å². The van der Waals surface area contributed by atoms with Crippen LogP contribution in [0.1, 0.15) is 65.5 Å². The van der Waals surface area contributed by atoms with Crippen molar-refractivity contribution < 1.29 is 23.1 Å². The van der Waals surface area contributed by atoms with E-state index < -0.39 is 12.4 Å². The fourth-order valence-corrected chi connectivity index (χ4v) is 6.83. The summed E-state index contributed by atoms with van der Waals surface area (Å²) in [5.74, 6) is 0.689. The van der Waals surface area contributed by atoms with Gasteiger partial charge in [0.05, 0.1) is 18.0 Å². The molecule has 8 nitrogen and oxygen atoms in total. The van der Waals surface area contributed by atoms with Crippen LogP contribution in [-0.2, 0) is 29.4 Å². The molecule has 35 heavy (non-hydrogen) atoms. The zero-order chi connectivity index (χ0) is 24.7. The predicted octanol–water partition coefficient (Wildman–Crippen LogP) is 4.50. The number of amides is 1. The molecule has 2 aromatic heterocycles. The Hall–Kier alpha value is -2.18. The Morgan fingerprint density at radius 1 is 1.40 bits per heavy atom. The van der Waals surface area contributed by atoms with Crippen LogP contribution in [-0.4, -0.2) is 40.2 Å². The Bertz CT molecular complexity index is 1130. The van der Waals surface area contributed by atoms with Crippen molar-refractivity contribution in [3.05, 3.63) is 27.8 Å². The van der Waals surface area contributed by atoms with Crippen LogP contribution in [0, 0.1) is 11.3 Å². The highest BCUT2D eigenvalue weighted by atomic mass is 32.2. The zero-order valence-electron chi connectivity index (χ0n) is 19.7. The van der Waals surface area contributed by atoms with Crippen molar-refractivity contribution in [2.24, 2.45) is 18.4 Å². The van der Waals surface area contributed by atoms with Gasteiger partial charge in [-0.25, -0.2) is 13.6 Å². The molecule has 0 aromatic carbocycles. The molecule has 0 radical (unpaired) electrons. The van der Waals surface area contributed by atoms with Gasteiger partial charge in [0.15, 0.2) is 0 Å². The topological polar surface area (TPSA) is 97.3 Å². The third-order valence-electron chi connectivity index (χ3n) is 7.07. The second-order valence-electron chi connectivity index (χ2n) is 9.44. The molecule has 2 saturated carbocycles.